The van der Waals surface area contributed by atoms with E-state index in [1.807, 2.05) is 18.2 Å². The maximum absolute atomic E-state index is 5.74. The molecule has 1 nitrogen and oxygen atoms in total. The topological polar surface area (TPSA) is 26.0 Å². The summed E-state index contributed by atoms with van der Waals surface area (Å²) in [6.45, 7) is 0. The zero-order valence-electron chi connectivity index (χ0n) is 11.3. The molecule has 0 fully saturated rings. The van der Waals surface area contributed by atoms with Crippen molar-refractivity contribution in [2.45, 2.75) is 6.42 Å². The first-order valence-electron chi connectivity index (χ1n) is 6.81. The normalized spacial score (nSPS) is 10.4. The summed E-state index contributed by atoms with van der Waals surface area (Å²) < 4.78 is 0. The molecule has 2 N–H and O–H groups in total. The van der Waals surface area contributed by atoms with Gasteiger partial charge in [0.2, 0.25) is 0 Å². The molecule has 0 saturated carbocycles. The monoisotopic (exact) mass is 259 g/mol. The van der Waals surface area contributed by atoms with Gasteiger partial charge in [-0.25, -0.2) is 0 Å². The highest BCUT2D eigenvalue weighted by Gasteiger charge is 2.05. The molecule has 0 aliphatic heterocycles. The summed E-state index contributed by atoms with van der Waals surface area (Å²) in [5.74, 6) is 0. The van der Waals surface area contributed by atoms with Crippen LogP contribution in [0.2, 0.25) is 0 Å². The Labute approximate surface area is 119 Å². The second-order valence-corrected chi connectivity index (χ2v) is 4.94. The molecule has 0 aromatic heterocycles. The Kier molecular flexibility index (Phi) is 3.51. The van der Waals surface area contributed by atoms with E-state index < -0.39 is 0 Å². The van der Waals surface area contributed by atoms with Crippen LogP contribution < -0.4 is 5.73 Å². The maximum atomic E-state index is 5.74. The molecule has 0 aliphatic rings. The van der Waals surface area contributed by atoms with Gasteiger partial charge in [-0.05, 0) is 40.8 Å². The van der Waals surface area contributed by atoms with Gasteiger partial charge in [-0.15, -0.1) is 0 Å². The summed E-state index contributed by atoms with van der Waals surface area (Å²) in [4.78, 5) is 0. The van der Waals surface area contributed by atoms with Gasteiger partial charge in [-0.1, -0.05) is 66.7 Å². The third-order valence-corrected chi connectivity index (χ3v) is 3.48. The van der Waals surface area contributed by atoms with E-state index in [4.69, 9.17) is 5.73 Å². The third kappa shape index (κ3) is 2.72. The number of rotatable bonds is 3. The van der Waals surface area contributed by atoms with E-state index in [-0.39, 0.29) is 0 Å². The minimum atomic E-state index is 0.810. The zero-order chi connectivity index (χ0) is 13.8. The number of hydrogen-bond acceptors (Lipinski definition) is 1. The van der Waals surface area contributed by atoms with Crippen molar-refractivity contribution in [2.24, 2.45) is 0 Å². The first-order chi connectivity index (χ1) is 9.83. The lowest BCUT2D eigenvalue weighted by atomic mass is 9.95. The highest BCUT2D eigenvalue weighted by atomic mass is 14.5. The van der Waals surface area contributed by atoms with E-state index in [0.717, 1.165) is 12.1 Å². The molecule has 0 amide bonds. The molecule has 0 atom stereocenters. The molecule has 0 spiro atoms. The Hall–Kier alpha value is -2.54. The van der Waals surface area contributed by atoms with E-state index in [2.05, 4.69) is 60.7 Å². The first kappa shape index (κ1) is 12.5. The highest BCUT2D eigenvalue weighted by Crippen LogP contribution is 2.25. The largest absolute Gasteiger partial charge is 0.399 e. The van der Waals surface area contributed by atoms with Gasteiger partial charge in [0.25, 0.3) is 0 Å². The van der Waals surface area contributed by atoms with Crippen LogP contribution in [0.4, 0.5) is 5.69 Å². The standard InChI is InChI=1S/C19H17N/c20-18-12-10-15(11-13-18)14-17-8-4-5-9-19(17)16-6-2-1-3-7-16/h1-13H,14,20H2. The van der Waals surface area contributed by atoms with Gasteiger partial charge < -0.3 is 5.73 Å². The summed E-state index contributed by atoms with van der Waals surface area (Å²) in [6, 6.07) is 27.2. The zero-order valence-corrected chi connectivity index (χ0v) is 11.3. The number of anilines is 1. The Bertz CT molecular complexity index is 684. The summed E-state index contributed by atoms with van der Waals surface area (Å²) >= 11 is 0. The van der Waals surface area contributed by atoms with Crippen LogP contribution in [-0.2, 0) is 6.42 Å². The Morgan fingerprint density at radius 1 is 0.650 bits per heavy atom. The minimum absolute atomic E-state index is 0.810. The fourth-order valence-electron chi connectivity index (χ4n) is 2.43. The molecule has 20 heavy (non-hydrogen) atoms. The van der Waals surface area contributed by atoms with Crippen LogP contribution in [0.15, 0.2) is 78.9 Å². The van der Waals surface area contributed by atoms with Crippen LogP contribution in [0.1, 0.15) is 11.1 Å². The van der Waals surface area contributed by atoms with Crippen molar-refractivity contribution in [2.75, 3.05) is 5.73 Å². The van der Waals surface area contributed by atoms with Crippen molar-refractivity contribution in [3.63, 3.8) is 0 Å². The SMILES string of the molecule is Nc1ccc(Cc2ccccc2-c2ccccc2)cc1. The molecule has 98 valence electrons. The van der Waals surface area contributed by atoms with Crippen LogP contribution in [0.5, 0.6) is 0 Å². The molecule has 0 aliphatic carbocycles. The fourth-order valence-corrected chi connectivity index (χ4v) is 2.43. The van der Waals surface area contributed by atoms with Gasteiger partial charge in [0.05, 0.1) is 0 Å². The quantitative estimate of drug-likeness (QED) is 0.687. The van der Waals surface area contributed by atoms with Crippen LogP contribution >= 0.6 is 0 Å². The number of hydrogen-bond donors (Lipinski definition) is 1. The summed E-state index contributed by atoms with van der Waals surface area (Å²) in [5.41, 5.74) is 11.7. The molecule has 3 aromatic rings. The van der Waals surface area contributed by atoms with E-state index in [9.17, 15) is 0 Å². The van der Waals surface area contributed by atoms with E-state index in [1.54, 1.807) is 0 Å². The van der Waals surface area contributed by atoms with Gasteiger partial charge in [-0.2, -0.15) is 0 Å². The molecule has 3 rings (SSSR count). The van der Waals surface area contributed by atoms with Gasteiger partial charge in [-0.3, -0.25) is 0 Å². The molecule has 0 unspecified atom stereocenters. The van der Waals surface area contributed by atoms with Crippen molar-refractivity contribution in [1.82, 2.24) is 0 Å². The molecular weight excluding hydrogens is 242 g/mol. The van der Waals surface area contributed by atoms with Crippen LogP contribution in [-0.4, -0.2) is 0 Å². The molecule has 1 heteroatoms. The molecule has 0 saturated heterocycles. The fraction of sp³-hybridized carbons (Fsp3) is 0.0526. The minimum Gasteiger partial charge on any atom is -0.399 e. The van der Waals surface area contributed by atoms with Gasteiger partial charge in [0, 0.05) is 5.69 Å². The number of nitrogen functional groups attached to an aromatic ring is 1. The first-order valence-corrected chi connectivity index (χ1v) is 6.81. The van der Waals surface area contributed by atoms with Gasteiger partial charge in [0.15, 0.2) is 0 Å². The van der Waals surface area contributed by atoms with Crippen LogP contribution in [0.3, 0.4) is 0 Å². The summed E-state index contributed by atoms with van der Waals surface area (Å²) in [6.07, 6.45) is 0.922. The van der Waals surface area contributed by atoms with Gasteiger partial charge >= 0.3 is 0 Å². The molecular formula is C19H17N. The lowest BCUT2D eigenvalue weighted by Gasteiger charge is -2.10. The number of benzene rings is 3. The average Bonchev–Trinajstić information content (AvgIpc) is 2.51. The predicted molar refractivity (Wildman–Crippen MR) is 85.5 cm³/mol. The Balaban J connectivity index is 1.96. The third-order valence-electron chi connectivity index (χ3n) is 3.48. The van der Waals surface area contributed by atoms with E-state index >= 15 is 0 Å². The number of nitrogens with two attached hydrogens (primary N) is 1. The van der Waals surface area contributed by atoms with Crippen molar-refractivity contribution in [3.05, 3.63) is 90.0 Å². The molecule has 3 aromatic carbocycles. The van der Waals surface area contributed by atoms with Crippen LogP contribution in [0.25, 0.3) is 11.1 Å². The van der Waals surface area contributed by atoms with Crippen LogP contribution in [0, 0.1) is 0 Å². The van der Waals surface area contributed by atoms with Crippen molar-refractivity contribution in [3.8, 4) is 11.1 Å². The molecule has 0 radical (unpaired) electrons. The van der Waals surface area contributed by atoms with E-state index in [0.29, 0.717) is 0 Å². The van der Waals surface area contributed by atoms with E-state index in [1.165, 1.54) is 22.3 Å². The second-order valence-electron chi connectivity index (χ2n) is 4.94. The smallest absolute Gasteiger partial charge is 0.0314 e. The Morgan fingerprint density at radius 2 is 1.30 bits per heavy atom. The lowest BCUT2D eigenvalue weighted by molar-refractivity contribution is 1.20. The maximum Gasteiger partial charge on any atom is 0.0314 e. The summed E-state index contributed by atoms with van der Waals surface area (Å²) in [7, 11) is 0. The Morgan fingerprint density at radius 3 is 2.05 bits per heavy atom. The van der Waals surface area contributed by atoms with Crippen molar-refractivity contribution in [1.29, 1.82) is 0 Å². The molecule has 0 heterocycles. The average molecular weight is 259 g/mol. The predicted octanol–water partition coefficient (Wildman–Crippen LogP) is 4.53. The molecule has 0 bridgehead atoms. The second kappa shape index (κ2) is 5.62. The van der Waals surface area contributed by atoms with Crippen molar-refractivity contribution < 1.29 is 0 Å². The van der Waals surface area contributed by atoms with Crippen molar-refractivity contribution >= 4 is 5.69 Å². The summed E-state index contributed by atoms with van der Waals surface area (Å²) in [5, 5.41) is 0. The highest BCUT2D eigenvalue weighted by molar-refractivity contribution is 5.67. The van der Waals surface area contributed by atoms with Gasteiger partial charge in [0.1, 0.15) is 0 Å². The lowest BCUT2D eigenvalue weighted by Crippen LogP contribution is -1.93.